The van der Waals surface area contributed by atoms with Gasteiger partial charge >= 0.3 is 5.63 Å². The second-order valence-corrected chi connectivity index (χ2v) is 3.96. The van der Waals surface area contributed by atoms with Gasteiger partial charge in [-0.05, 0) is 11.6 Å². The molecule has 2 aromatic rings. The van der Waals surface area contributed by atoms with Crippen LogP contribution >= 0.6 is 0 Å². The Hall–Kier alpha value is -2.16. The minimum atomic E-state index is -0.637. The predicted molar refractivity (Wildman–Crippen MR) is 68.7 cm³/mol. The summed E-state index contributed by atoms with van der Waals surface area (Å²) in [5.74, 6) is 0. The zero-order valence-corrected chi connectivity index (χ0v) is 10.7. The van der Waals surface area contributed by atoms with E-state index in [0.717, 1.165) is 5.39 Å². The Kier molecular flexibility index (Phi) is 3.95. The van der Waals surface area contributed by atoms with Gasteiger partial charge in [-0.2, -0.15) is 5.26 Å². The number of ether oxygens (including phenoxy) is 2. The van der Waals surface area contributed by atoms with E-state index in [-0.39, 0.29) is 5.56 Å². The van der Waals surface area contributed by atoms with Crippen LogP contribution in [0.15, 0.2) is 33.5 Å². The molecule has 5 nitrogen and oxygen atoms in total. The summed E-state index contributed by atoms with van der Waals surface area (Å²) in [5, 5.41) is 9.85. The predicted octanol–water partition coefficient (Wildman–Crippen LogP) is 1.83. The quantitative estimate of drug-likeness (QED) is 0.618. The van der Waals surface area contributed by atoms with Crippen molar-refractivity contribution < 1.29 is 13.9 Å². The molecule has 2 rings (SSSR count). The summed E-state index contributed by atoms with van der Waals surface area (Å²) >= 11 is 0. The number of methoxy groups -OCH3 is 2. The van der Waals surface area contributed by atoms with Gasteiger partial charge in [-0.3, -0.25) is 0 Å². The van der Waals surface area contributed by atoms with Gasteiger partial charge in [0, 0.05) is 26.0 Å². The zero-order chi connectivity index (χ0) is 13.8. The van der Waals surface area contributed by atoms with Gasteiger partial charge in [-0.25, -0.2) is 4.79 Å². The molecule has 0 aliphatic rings. The Morgan fingerprint density at radius 3 is 2.63 bits per heavy atom. The maximum Gasteiger partial charge on any atom is 0.354 e. The molecule has 1 aromatic carbocycles. The van der Waals surface area contributed by atoms with E-state index >= 15 is 0 Å². The molecule has 0 N–H and O–H groups in total. The van der Waals surface area contributed by atoms with Gasteiger partial charge in [-0.1, -0.05) is 18.2 Å². The summed E-state index contributed by atoms with van der Waals surface area (Å²) in [6, 6.07) is 8.98. The highest BCUT2D eigenvalue weighted by molar-refractivity contribution is 5.82. The first-order valence-electron chi connectivity index (χ1n) is 5.71. The number of nitriles is 1. The second kappa shape index (κ2) is 5.65. The Balaban J connectivity index is 2.68. The maximum atomic E-state index is 11.8. The highest BCUT2D eigenvalue weighted by atomic mass is 16.7. The topological polar surface area (TPSA) is 72.5 Å². The van der Waals surface area contributed by atoms with Crippen LogP contribution in [0.4, 0.5) is 0 Å². The fourth-order valence-corrected chi connectivity index (χ4v) is 1.97. The average Bonchev–Trinajstić information content (AvgIpc) is 2.44. The molecule has 0 saturated carbocycles. The second-order valence-electron chi connectivity index (χ2n) is 3.96. The van der Waals surface area contributed by atoms with Crippen LogP contribution < -0.4 is 5.63 Å². The van der Waals surface area contributed by atoms with Crippen LogP contribution in [0.3, 0.4) is 0 Å². The third kappa shape index (κ3) is 2.50. The number of rotatable bonds is 4. The van der Waals surface area contributed by atoms with Crippen molar-refractivity contribution in [2.24, 2.45) is 0 Å². The van der Waals surface area contributed by atoms with Crippen molar-refractivity contribution in [3.63, 3.8) is 0 Å². The Morgan fingerprint density at radius 2 is 2.00 bits per heavy atom. The smallest absolute Gasteiger partial charge is 0.354 e. The number of fused-ring (bicyclic) bond motifs is 1. The highest BCUT2D eigenvalue weighted by Gasteiger charge is 2.18. The van der Waals surface area contributed by atoms with Crippen molar-refractivity contribution in [1.82, 2.24) is 0 Å². The maximum absolute atomic E-state index is 11.8. The molecule has 0 unspecified atom stereocenters. The molecule has 1 aromatic heterocycles. The molecule has 0 aliphatic carbocycles. The van der Waals surface area contributed by atoms with Crippen molar-refractivity contribution in [2.45, 2.75) is 12.7 Å². The monoisotopic (exact) mass is 259 g/mol. The normalized spacial score (nSPS) is 10.8. The van der Waals surface area contributed by atoms with Gasteiger partial charge in [0.2, 0.25) is 0 Å². The SMILES string of the molecule is COC(Cc1c(C#N)c(=O)oc2ccccc12)OC. The zero-order valence-electron chi connectivity index (χ0n) is 10.7. The molecule has 0 fully saturated rings. The molecule has 19 heavy (non-hydrogen) atoms. The van der Waals surface area contributed by atoms with Crippen LogP contribution in [-0.2, 0) is 15.9 Å². The largest absolute Gasteiger partial charge is 0.422 e. The minimum Gasteiger partial charge on any atom is -0.422 e. The van der Waals surface area contributed by atoms with Gasteiger partial charge in [0.25, 0.3) is 0 Å². The van der Waals surface area contributed by atoms with E-state index in [1.807, 2.05) is 12.1 Å². The van der Waals surface area contributed by atoms with Crippen molar-refractivity contribution in [3.05, 3.63) is 45.8 Å². The van der Waals surface area contributed by atoms with Crippen molar-refractivity contribution >= 4 is 11.0 Å². The van der Waals surface area contributed by atoms with E-state index in [9.17, 15) is 4.79 Å². The lowest BCUT2D eigenvalue weighted by Gasteiger charge is -2.15. The van der Waals surface area contributed by atoms with Gasteiger partial charge in [-0.15, -0.1) is 0 Å². The lowest BCUT2D eigenvalue weighted by atomic mass is 10.0. The standard InChI is InChI=1S/C14H13NO4/c1-17-13(18-2)7-10-9-5-3-4-6-12(9)19-14(16)11(10)8-15/h3-6,13H,7H2,1-2H3. The molecule has 5 heteroatoms. The molecule has 0 spiro atoms. The Morgan fingerprint density at radius 1 is 1.32 bits per heavy atom. The number of nitrogens with zero attached hydrogens (tertiary/aromatic N) is 1. The molecule has 0 saturated heterocycles. The average molecular weight is 259 g/mol. The molecule has 0 radical (unpaired) electrons. The fraction of sp³-hybridized carbons (Fsp3) is 0.286. The minimum absolute atomic E-state index is 0.00204. The molecule has 98 valence electrons. The number of benzene rings is 1. The summed E-state index contributed by atoms with van der Waals surface area (Å²) in [4.78, 5) is 11.8. The van der Waals surface area contributed by atoms with Crippen LogP contribution in [-0.4, -0.2) is 20.5 Å². The van der Waals surface area contributed by atoms with Gasteiger partial charge in [0.15, 0.2) is 6.29 Å². The van der Waals surface area contributed by atoms with Crippen molar-refractivity contribution in [2.75, 3.05) is 14.2 Å². The van der Waals surface area contributed by atoms with Crippen LogP contribution in [0.2, 0.25) is 0 Å². The first-order chi connectivity index (χ1) is 9.21. The number of hydrogen-bond donors (Lipinski definition) is 0. The van der Waals surface area contributed by atoms with E-state index in [4.69, 9.17) is 19.2 Å². The highest BCUT2D eigenvalue weighted by Crippen LogP contribution is 2.21. The first kappa shape index (κ1) is 13.3. The third-order valence-electron chi connectivity index (χ3n) is 2.93. The summed E-state index contributed by atoms with van der Waals surface area (Å²) in [5.41, 5.74) is 0.399. The summed E-state index contributed by atoms with van der Waals surface area (Å²) < 4.78 is 15.4. The van der Waals surface area contributed by atoms with Crippen LogP contribution in [0, 0.1) is 11.3 Å². The van der Waals surface area contributed by atoms with E-state index in [0.29, 0.717) is 17.6 Å². The molecule has 0 amide bonds. The van der Waals surface area contributed by atoms with Crippen molar-refractivity contribution in [1.29, 1.82) is 5.26 Å². The Bertz CT molecular complexity index is 680. The summed E-state index contributed by atoms with van der Waals surface area (Å²) in [6.07, 6.45) is -0.209. The van der Waals surface area contributed by atoms with E-state index in [1.165, 1.54) is 14.2 Å². The van der Waals surface area contributed by atoms with Gasteiger partial charge in [0.05, 0.1) is 0 Å². The molecular weight excluding hydrogens is 246 g/mol. The third-order valence-corrected chi connectivity index (χ3v) is 2.93. The Labute approximate surface area is 110 Å². The molecule has 0 atom stereocenters. The van der Waals surface area contributed by atoms with Crippen LogP contribution in [0.1, 0.15) is 11.1 Å². The lowest BCUT2D eigenvalue weighted by Crippen LogP contribution is -2.19. The lowest BCUT2D eigenvalue weighted by molar-refractivity contribution is -0.100. The molecular formula is C14H13NO4. The van der Waals surface area contributed by atoms with Crippen molar-refractivity contribution in [3.8, 4) is 6.07 Å². The summed E-state index contributed by atoms with van der Waals surface area (Å²) in [7, 11) is 3.02. The van der Waals surface area contributed by atoms with E-state index in [1.54, 1.807) is 18.2 Å². The fourth-order valence-electron chi connectivity index (χ4n) is 1.97. The van der Waals surface area contributed by atoms with Gasteiger partial charge in [0.1, 0.15) is 17.2 Å². The van der Waals surface area contributed by atoms with Gasteiger partial charge < -0.3 is 13.9 Å². The van der Waals surface area contributed by atoms with Crippen LogP contribution in [0.25, 0.3) is 11.0 Å². The molecule has 0 aliphatic heterocycles. The molecule has 0 bridgehead atoms. The van der Waals surface area contributed by atoms with Crippen LogP contribution in [0.5, 0.6) is 0 Å². The molecule has 1 heterocycles. The van der Waals surface area contributed by atoms with E-state index in [2.05, 4.69) is 0 Å². The van der Waals surface area contributed by atoms with E-state index < -0.39 is 11.9 Å². The first-order valence-corrected chi connectivity index (χ1v) is 5.71. The summed E-state index contributed by atoms with van der Waals surface area (Å²) in [6.45, 7) is 0. The number of para-hydroxylation sites is 1. The number of hydrogen-bond acceptors (Lipinski definition) is 5.